The van der Waals surface area contributed by atoms with E-state index in [2.05, 4.69) is 15.9 Å². The summed E-state index contributed by atoms with van der Waals surface area (Å²) in [6.07, 6.45) is 5.09. The average molecular weight is 298 g/mol. The molecule has 4 heteroatoms. The highest BCUT2D eigenvalue weighted by Crippen LogP contribution is 2.17. The van der Waals surface area contributed by atoms with E-state index in [1.54, 1.807) is 17.0 Å². The molecule has 1 fully saturated rings. The van der Waals surface area contributed by atoms with Crippen molar-refractivity contribution >= 4 is 27.9 Å². The van der Waals surface area contributed by atoms with Gasteiger partial charge in [0.1, 0.15) is 5.82 Å². The smallest absolute Gasteiger partial charge is 0.246 e. The molecule has 0 aromatic heterocycles. The minimum absolute atomic E-state index is 0.0399. The zero-order valence-electron chi connectivity index (χ0n) is 9.33. The standard InChI is InChI=1S/C13H13BrFNO/c14-11-4-5-12(15)10(9-11)3-6-13(17)16-7-1-2-8-16/h3-6,9H,1-2,7-8H2. The van der Waals surface area contributed by atoms with Gasteiger partial charge >= 0.3 is 0 Å². The molecule has 1 heterocycles. The van der Waals surface area contributed by atoms with Crippen molar-refractivity contribution in [3.05, 3.63) is 40.1 Å². The van der Waals surface area contributed by atoms with Crippen molar-refractivity contribution in [3.63, 3.8) is 0 Å². The normalized spacial score (nSPS) is 15.8. The summed E-state index contributed by atoms with van der Waals surface area (Å²) in [6, 6.07) is 4.67. The van der Waals surface area contributed by atoms with Gasteiger partial charge in [0.15, 0.2) is 0 Å². The molecule has 0 unspecified atom stereocenters. The van der Waals surface area contributed by atoms with Crippen LogP contribution in [0.2, 0.25) is 0 Å². The molecule has 1 aliphatic heterocycles. The third-order valence-corrected chi connectivity index (χ3v) is 3.27. The van der Waals surface area contributed by atoms with Gasteiger partial charge in [-0.3, -0.25) is 4.79 Å². The summed E-state index contributed by atoms with van der Waals surface area (Å²) in [5.41, 5.74) is 0.423. The van der Waals surface area contributed by atoms with Crippen molar-refractivity contribution in [1.82, 2.24) is 4.90 Å². The van der Waals surface area contributed by atoms with Crippen LogP contribution in [0.1, 0.15) is 18.4 Å². The lowest BCUT2D eigenvalue weighted by atomic mass is 10.2. The number of amides is 1. The summed E-state index contributed by atoms with van der Waals surface area (Å²) >= 11 is 3.27. The number of benzene rings is 1. The van der Waals surface area contributed by atoms with E-state index in [-0.39, 0.29) is 11.7 Å². The van der Waals surface area contributed by atoms with Crippen molar-refractivity contribution in [2.45, 2.75) is 12.8 Å². The van der Waals surface area contributed by atoms with Gasteiger partial charge in [0.2, 0.25) is 5.91 Å². The lowest BCUT2D eigenvalue weighted by Crippen LogP contribution is -2.25. The second-order valence-corrected chi connectivity index (χ2v) is 4.95. The van der Waals surface area contributed by atoms with Gasteiger partial charge in [-0.2, -0.15) is 0 Å². The van der Waals surface area contributed by atoms with Gasteiger partial charge in [-0.25, -0.2) is 4.39 Å². The molecular formula is C13H13BrFNO. The second kappa shape index (κ2) is 5.45. The predicted molar refractivity (Wildman–Crippen MR) is 68.9 cm³/mol. The molecule has 0 atom stereocenters. The van der Waals surface area contributed by atoms with Crippen LogP contribution in [0.5, 0.6) is 0 Å². The fourth-order valence-electron chi connectivity index (χ4n) is 1.85. The Bertz CT molecular complexity index is 453. The molecule has 1 aromatic carbocycles. The van der Waals surface area contributed by atoms with Crippen LogP contribution >= 0.6 is 15.9 Å². The van der Waals surface area contributed by atoms with Crippen LogP contribution in [0.3, 0.4) is 0 Å². The van der Waals surface area contributed by atoms with E-state index in [1.165, 1.54) is 18.2 Å². The van der Waals surface area contributed by atoms with Crippen LogP contribution in [0.4, 0.5) is 4.39 Å². The van der Waals surface area contributed by atoms with Crippen LogP contribution in [0.15, 0.2) is 28.7 Å². The third-order valence-electron chi connectivity index (χ3n) is 2.78. The monoisotopic (exact) mass is 297 g/mol. The van der Waals surface area contributed by atoms with Crippen molar-refractivity contribution in [1.29, 1.82) is 0 Å². The average Bonchev–Trinajstić information content (AvgIpc) is 2.83. The molecule has 2 rings (SSSR count). The van der Waals surface area contributed by atoms with Gasteiger partial charge < -0.3 is 4.90 Å². The van der Waals surface area contributed by atoms with E-state index in [0.29, 0.717) is 5.56 Å². The van der Waals surface area contributed by atoms with E-state index in [4.69, 9.17) is 0 Å². The highest BCUT2D eigenvalue weighted by atomic mass is 79.9. The summed E-state index contributed by atoms with van der Waals surface area (Å²) in [5.74, 6) is -0.361. The Morgan fingerprint density at radius 3 is 2.76 bits per heavy atom. The SMILES string of the molecule is O=C(C=Cc1cc(Br)ccc1F)N1CCCC1. The van der Waals surface area contributed by atoms with Crippen LogP contribution in [0.25, 0.3) is 6.08 Å². The van der Waals surface area contributed by atoms with E-state index in [0.717, 1.165) is 30.4 Å². The van der Waals surface area contributed by atoms with Gasteiger partial charge in [-0.05, 0) is 37.1 Å². The molecule has 0 N–H and O–H groups in total. The number of halogens is 2. The molecule has 90 valence electrons. The minimum Gasteiger partial charge on any atom is -0.339 e. The Kier molecular flexibility index (Phi) is 3.94. The van der Waals surface area contributed by atoms with Crippen LogP contribution in [-0.4, -0.2) is 23.9 Å². The van der Waals surface area contributed by atoms with E-state index < -0.39 is 0 Å². The number of hydrogen-bond acceptors (Lipinski definition) is 1. The molecule has 0 aliphatic carbocycles. The first-order chi connectivity index (χ1) is 8.16. The molecule has 0 bridgehead atoms. The third kappa shape index (κ3) is 3.16. The van der Waals surface area contributed by atoms with Crippen molar-refractivity contribution < 1.29 is 9.18 Å². The van der Waals surface area contributed by atoms with Gasteiger partial charge in [0.25, 0.3) is 0 Å². The molecule has 1 saturated heterocycles. The summed E-state index contributed by atoms with van der Waals surface area (Å²) in [5, 5.41) is 0. The molecule has 0 radical (unpaired) electrons. The zero-order valence-corrected chi connectivity index (χ0v) is 10.9. The number of nitrogens with zero attached hydrogens (tertiary/aromatic N) is 1. The maximum Gasteiger partial charge on any atom is 0.246 e. The maximum atomic E-state index is 13.4. The Labute approximate surface area is 108 Å². The van der Waals surface area contributed by atoms with Gasteiger partial charge in [-0.15, -0.1) is 0 Å². The van der Waals surface area contributed by atoms with Crippen molar-refractivity contribution in [2.24, 2.45) is 0 Å². The summed E-state index contributed by atoms with van der Waals surface area (Å²) in [6.45, 7) is 1.62. The molecule has 17 heavy (non-hydrogen) atoms. The first-order valence-corrected chi connectivity index (χ1v) is 6.38. The zero-order chi connectivity index (χ0) is 12.3. The molecule has 2 nitrogen and oxygen atoms in total. The topological polar surface area (TPSA) is 20.3 Å². The van der Waals surface area contributed by atoms with Crippen molar-refractivity contribution in [2.75, 3.05) is 13.1 Å². The minimum atomic E-state index is -0.321. The lowest BCUT2D eigenvalue weighted by molar-refractivity contribution is -0.124. The second-order valence-electron chi connectivity index (χ2n) is 4.03. The lowest BCUT2D eigenvalue weighted by Gasteiger charge is -2.11. The predicted octanol–water partition coefficient (Wildman–Crippen LogP) is 3.22. The fourth-order valence-corrected chi connectivity index (χ4v) is 2.23. The Morgan fingerprint density at radius 2 is 2.06 bits per heavy atom. The Balaban J connectivity index is 2.08. The number of likely N-dealkylation sites (tertiary alicyclic amines) is 1. The Hall–Kier alpha value is -1.16. The summed E-state index contributed by atoms with van der Waals surface area (Å²) in [4.78, 5) is 13.5. The van der Waals surface area contributed by atoms with Gasteiger partial charge in [-0.1, -0.05) is 15.9 Å². The van der Waals surface area contributed by atoms with E-state index >= 15 is 0 Å². The molecule has 1 aliphatic rings. The first kappa shape index (κ1) is 12.3. The van der Waals surface area contributed by atoms with Crippen LogP contribution < -0.4 is 0 Å². The highest BCUT2D eigenvalue weighted by Gasteiger charge is 2.15. The maximum absolute atomic E-state index is 13.4. The van der Waals surface area contributed by atoms with Crippen molar-refractivity contribution in [3.8, 4) is 0 Å². The Morgan fingerprint density at radius 1 is 1.35 bits per heavy atom. The first-order valence-electron chi connectivity index (χ1n) is 5.59. The molecule has 1 amide bonds. The quantitative estimate of drug-likeness (QED) is 0.768. The van der Waals surface area contributed by atoms with Crippen LogP contribution in [-0.2, 0) is 4.79 Å². The number of carbonyl (C=O) groups excluding carboxylic acids is 1. The fraction of sp³-hybridized carbons (Fsp3) is 0.308. The molecular weight excluding hydrogens is 285 g/mol. The van der Waals surface area contributed by atoms with E-state index in [1.807, 2.05) is 0 Å². The molecule has 1 aromatic rings. The summed E-state index contributed by atoms with van der Waals surface area (Å²) < 4.78 is 14.2. The van der Waals surface area contributed by atoms with E-state index in [9.17, 15) is 9.18 Å². The molecule has 0 spiro atoms. The number of carbonyl (C=O) groups is 1. The van der Waals surface area contributed by atoms with Gasteiger partial charge in [0.05, 0.1) is 0 Å². The number of rotatable bonds is 2. The van der Waals surface area contributed by atoms with Gasteiger partial charge in [0, 0.05) is 29.2 Å². The largest absolute Gasteiger partial charge is 0.339 e. The number of hydrogen-bond donors (Lipinski definition) is 0. The molecule has 0 saturated carbocycles. The van der Waals surface area contributed by atoms with Crippen LogP contribution in [0, 0.1) is 5.82 Å². The highest BCUT2D eigenvalue weighted by molar-refractivity contribution is 9.10. The summed E-state index contributed by atoms with van der Waals surface area (Å²) in [7, 11) is 0.